The van der Waals surface area contributed by atoms with Gasteiger partial charge in [0, 0.05) is 21.1 Å². The average molecular weight is 366 g/mol. The summed E-state index contributed by atoms with van der Waals surface area (Å²) in [7, 11) is 0. The highest BCUT2D eigenvalue weighted by Gasteiger charge is 2.14. The first kappa shape index (κ1) is 14.3. The number of rotatable bonds is 2. The molecule has 4 nitrogen and oxygen atoms in total. The number of benzene rings is 2. The van der Waals surface area contributed by atoms with Crippen molar-refractivity contribution < 1.29 is 14.3 Å². The summed E-state index contributed by atoms with van der Waals surface area (Å²) < 4.78 is 11.8. The van der Waals surface area contributed by atoms with E-state index in [-0.39, 0.29) is 5.91 Å². The first-order chi connectivity index (χ1) is 10.1. The smallest absolute Gasteiger partial charge is 0.256 e. The second-order valence-electron chi connectivity index (χ2n) is 4.47. The van der Waals surface area contributed by atoms with Gasteiger partial charge in [-0.15, -0.1) is 12.6 Å². The number of thiol groups is 1. The molecule has 1 heterocycles. The van der Waals surface area contributed by atoms with Crippen molar-refractivity contribution in [2.45, 2.75) is 4.90 Å². The number of carbonyl (C=O) groups excluding carboxylic acids is 1. The van der Waals surface area contributed by atoms with Gasteiger partial charge in [-0.2, -0.15) is 0 Å². The fraction of sp³-hybridized carbons (Fsp3) is 0.133. The standard InChI is InChI=1S/C15H12BrNO3S/c16-9-1-3-11(14(21)7-9)15(18)17-10-2-4-12-13(8-10)20-6-5-19-12/h1-4,7-8,21H,5-6H2,(H,17,18). The van der Waals surface area contributed by atoms with Crippen LogP contribution in [0.5, 0.6) is 11.5 Å². The van der Waals surface area contributed by atoms with E-state index in [1.54, 1.807) is 36.4 Å². The minimum absolute atomic E-state index is 0.218. The Bertz CT molecular complexity index is 705. The number of nitrogens with one attached hydrogen (secondary N) is 1. The van der Waals surface area contributed by atoms with Crippen LogP contribution in [0.4, 0.5) is 5.69 Å². The van der Waals surface area contributed by atoms with E-state index in [0.29, 0.717) is 40.9 Å². The SMILES string of the molecule is O=C(Nc1ccc2c(c1)OCCO2)c1ccc(Br)cc1S. The van der Waals surface area contributed by atoms with E-state index < -0.39 is 0 Å². The Morgan fingerprint density at radius 2 is 1.86 bits per heavy atom. The Kier molecular flexibility index (Phi) is 4.07. The van der Waals surface area contributed by atoms with Crippen molar-refractivity contribution in [1.29, 1.82) is 0 Å². The lowest BCUT2D eigenvalue weighted by Gasteiger charge is -2.19. The number of carbonyl (C=O) groups is 1. The van der Waals surface area contributed by atoms with Crippen molar-refractivity contribution in [3.8, 4) is 11.5 Å². The van der Waals surface area contributed by atoms with Gasteiger partial charge in [-0.3, -0.25) is 4.79 Å². The van der Waals surface area contributed by atoms with Crippen molar-refractivity contribution in [3.05, 3.63) is 46.4 Å². The van der Waals surface area contributed by atoms with Crippen LogP contribution in [-0.2, 0) is 0 Å². The molecule has 0 spiro atoms. The predicted octanol–water partition coefficient (Wildman–Crippen LogP) is 3.76. The summed E-state index contributed by atoms with van der Waals surface area (Å²) in [5.74, 6) is 1.11. The summed E-state index contributed by atoms with van der Waals surface area (Å²) >= 11 is 7.66. The maximum absolute atomic E-state index is 12.3. The zero-order valence-corrected chi connectivity index (χ0v) is 13.4. The molecule has 2 aromatic carbocycles. The summed E-state index contributed by atoms with van der Waals surface area (Å²) in [5.41, 5.74) is 1.16. The molecule has 1 aliphatic rings. The van der Waals surface area contributed by atoms with Crippen LogP contribution in [0.25, 0.3) is 0 Å². The van der Waals surface area contributed by atoms with Crippen molar-refractivity contribution in [3.63, 3.8) is 0 Å². The third-order valence-electron chi connectivity index (χ3n) is 3.00. The summed E-state index contributed by atoms with van der Waals surface area (Å²) in [6, 6.07) is 10.6. The number of anilines is 1. The highest BCUT2D eigenvalue weighted by molar-refractivity contribution is 9.10. The number of fused-ring (bicyclic) bond motifs is 1. The number of amides is 1. The molecule has 2 aromatic rings. The lowest BCUT2D eigenvalue weighted by molar-refractivity contribution is 0.102. The van der Waals surface area contributed by atoms with Crippen molar-refractivity contribution in [1.82, 2.24) is 0 Å². The second-order valence-corrected chi connectivity index (χ2v) is 5.87. The third kappa shape index (κ3) is 3.16. The lowest BCUT2D eigenvalue weighted by atomic mass is 10.2. The fourth-order valence-electron chi connectivity index (χ4n) is 2.02. The number of hydrogen-bond acceptors (Lipinski definition) is 4. The van der Waals surface area contributed by atoms with Crippen LogP contribution in [0.2, 0.25) is 0 Å². The van der Waals surface area contributed by atoms with Gasteiger partial charge in [-0.25, -0.2) is 0 Å². The Balaban J connectivity index is 1.81. The molecule has 21 heavy (non-hydrogen) atoms. The van der Waals surface area contributed by atoms with Crippen LogP contribution in [0.15, 0.2) is 45.8 Å². The van der Waals surface area contributed by atoms with Gasteiger partial charge in [-0.1, -0.05) is 15.9 Å². The molecular weight excluding hydrogens is 354 g/mol. The molecule has 1 N–H and O–H groups in total. The van der Waals surface area contributed by atoms with Gasteiger partial charge in [0.05, 0.1) is 5.56 Å². The van der Waals surface area contributed by atoms with E-state index in [9.17, 15) is 4.79 Å². The Labute approximate surface area is 136 Å². The number of halogens is 1. The Morgan fingerprint density at radius 3 is 2.62 bits per heavy atom. The van der Waals surface area contributed by atoms with E-state index >= 15 is 0 Å². The molecular formula is C15H12BrNO3S. The van der Waals surface area contributed by atoms with Gasteiger partial charge < -0.3 is 14.8 Å². The molecule has 0 atom stereocenters. The largest absolute Gasteiger partial charge is 0.486 e. The zero-order chi connectivity index (χ0) is 14.8. The third-order valence-corrected chi connectivity index (χ3v) is 3.87. The van der Waals surface area contributed by atoms with E-state index in [4.69, 9.17) is 9.47 Å². The van der Waals surface area contributed by atoms with Crippen molar-refractivity contribution in [2.75, 3.05) is 18.5 Å². The minimum Gasteiger partial charge on any atom is -0.486 e. The molecule has 108 valence electrons. The summed E-state index contributed by atoms with van der Waals surface area (Å²) in [6.07, 6.45) is 0. The molecule has 0 aromatic heterocycles. The summed E-state index contributed by atoms with van der Waals surface area (Å²) in [4.78, 5) is 12.9. The van der Waals surface area contributed by atoms with Gasteiger partial charge in [0.1, 0.15) is 13.2 Å². The van der Waals surface area contributed by atoms with Crippen LogP contribution >= 0.6 is 28.6 Å². The van der Waals surface area contributed by atoms with E-state index in [2.05, 4.69) is 33.9 Å². The lowest BCUT2D eigenvalue weighted by Crippen LogP contribution is -2.16. The average Bonchev–Trinajstić information content (AvgIpc) is 2.47. The zero-order valence-electron chi connectivity index (χ0n) is 10.9. The second kappa shape index (κ2) is 5.99. The maximum atomic E-state index is 12.3. The maximum Gasteiger partial charge on any atom is 0.256 e. The number of hydrogen-bond donors (Lipinski definition) is 2. The van der Waals surface area contributed by atoms with Crippen molar-refractivity contribution >= 4 is 40.2 Å². The van der Waals surface area contributed by atoms with Gasteiger partial charge in [0.15, 0.2) is 11.5 Å². The van der Waals surface area contributed by atoms with E-state index in [1.807, 2.05) is 0 Å². The molecule has 0 radical (unpaired) electrons. The normalized spacial score (nSPS) is 12.9. The van der Waals surface area contributed by atoms with E-state index in [0.717, 1.165) is 4.47 Å². The van der Waals surface area contributed by atoms with Gasteiger partial charge in [0.25, 0.3) is 5.91 Å². The molecule has 1 aliphatic heterocycles. The molecule has 0 unspecified atom stereocenters. The van der Waals surface area contributed by atoms with Crippen LogP contribution in [0.1, 0.15) is 10.4 Å². The molecule has 0 bridgehead atoms. The quantitative estimate of drug-likeness (QED) is 0.796. The highest BCUT2D eigenvalue weighted by Crippen LogP contribution is 2.33. The highest BCUT2D eigenvalue weighted by atomic mass is 79.9. The molecule has 1 amide bonds. The first-order valence-corrected chi connectivity index (χ1v) is 7.57. The molecule has 3 rings (SSSR count). The topological polar surface area (TPSA) is 47.6 Å². The van der Waals surface area contributed by atoms with E-state index in [1.165, 1.54) is 0 Å². The van der Waals surface area contributed by atoms with Crippen LogP contribution < -0.4 is 14.8 Å². The molecule has 0 saturated carbocycles. The Morgan fingerprint density at radius 1 is 1.10 bits per heavy atom. The van der Waals surface area contributed by atoms with Gasteiger partial charge >= 0.3 is 0 Å². The van der Waals surface area contributed by atoms with Crippen molar-refractivity contribution in [2.24, 2.45) is 0 Å². The van der Waals surface area contributed by atoms with Crippen LogP contribution in [-0.4, -0.2) is 19.1 Å². The monoisotopic (exact) mass is 365 g/mol. The summed E-state index contributed by atoms with van der Waals surface area (Å²) in [5, 5.41) is 2.83. The molecule has 0 aliphatic carbocycles. The Hall–Kier alpha value is -1.66. The molecule has 0 fully saturated rings. The summed E-state index contributed by atoms with van der Waals surface area (Å²) in [6.45, 7) is 1.05. The number of ether oxygens (including phenoxy) is 2. The predicted molar refractivity (Wildman–Crippen MR) is 86.8 cm³/mol. The fourth-order valence-corrected chi connectivity index (χ4v) is 2.87. The first-order valence-electron chi connectivity index (χ1n) is 6.33. The van der Waals surface area contributed by atoms with Gasteiger partial charge in [0.2, 0.25) is 0 Å². The van der Waals surface area contributed by atoms with Gasteiger partial charge in [-0.05, 0) is 30.3 Å². The molecule has 6 heteroatoms. The van der Waals surface area contributed by atoms with Crippen LogP contribution in [0.3, 0.4) is 0 Å². The van der Waals surface area contributed by atoms with Crippen LogP contribution in [0, 0.1) is 0 Å². The minimum atomic E-state index is -0.218. The molecule has 0 saturated heterocycles.